The first-order valence-electron chi connectivity index (χ1n) is 6.12. The highest BCUT2D eigenvalue weighted by Crippen LogP contribution is 2.16. The van der Waals surface area contributed by atoms with Crippen molar-refractivity contribution in [3.63, 3.8) is 0 Å². The highest BCUT2D eigenvalue weighted by atomic mass is 16.3. The third-order valence-electron chi connectivity index (χ3n) is 3.20. The summed E-state index contributed by atoms with van der Waals surface area (Å²) in [6, 6.07) is 1.77. The average Bonchev–Trinajstić information content (AvgIpc) is 2.38. The van der Waals surface area contributed by atoms with Gasteiger partial charge in [0.15, 0.2) is 0 Å². The Bertz CT molecular complexity index is 406. The number of aliphatic hydroxyl groups is 1. The first-order valence-corrected chi connectivity index (χ1v) is 6.12. The van der Waals surface area contributed by atoms with Crippen LogP contribution in [0.15, 0.2) is 18.5 Å². The van der Waals surface area contributed by atoms with Crippen LogP contribution in [0.4, 0.5) is 0 Å². The van der Waals surface area contributed by atoms with Gasteiger partial charge in [0.2, 0.25) is 0 Å². The van der Waals surface area contributed by atoms with Crippen molar-refractivity contribution in [2.75, 3.05) is 13.1 Å². The van der Waals surface area contributed by atoms with Gasteiger partial charge in [0.25, 0.3) is 5.91 Å². The summed E-state index contributed by atoms with van der Waals surface area (Å²) in [7, 11) is 0. The monoisotopic (exact) mass is 234 g/mol. The molecule has 1 atom stereocenters. The summed E-state index contributed by atoms with van der Waals surface area (Å²) >= 11 is 0. The summed E-state index contributed by atoms with van der Waals surface area (Å²) in [6.45, 7) is 3.20. The number of aryl methyl sites for hydroxylation is 1. The first kappa shape index (κ1) is 12.0. The second-order valence-electron chi connectivity index (χ2n) is 4.43. The normalized spacial score (nSPS) is 20.4. The van der Waals surface area contributed by atoms with Crippen molar-refractivity contribution in [1.82, 2.24) is 9.88 Å². The SMILES string of the molecule is CCc1cnccc1C(=O)N1CCCC(O)C1. The second kappa shape index (κ2) is 5.27. The molecule has 2 heterocycles. The number of rotatable bonds is 2. The third-order valence-corrected chi connectivity index (χ3v) is 3.20. The van der Waals surface area contributed by atoms with Crippen LogP contribution in [-0.2, 0) is 6.42 Å². The quantitative estimate of drug-likeness (QED) is 0.837. The van der Waals surface area contributed by atoms with Crippen LogP contribution in [0.1, 0.15) is 35.7 Å². The molecule has 1 amide bonds. The van der Waals surface area contributed by atoms with E-state index in [1.807, 2.05) is 6.92 Å². The Hall–Kier alpha value is -1.42. The Morgan fingerprint density at radius 1 is 1.65 bits per heavy atom. The number of piperidine rings is 1. The number of pyridine rings is 1. The lowest BCUT2D eigenvalue weighted by Gasteiger charge is -2.30. The zero-order chi connectivity index (χ0) is 12.3. The minimum atomic E-state index is -0.375. The van der Waals surface area contributed by atoms with Crippen LogP contribution in [-0.4, -0.2) is 40.1 Å². The summed E-state index contributed by atoms with van der Waals surface area (Å²) in [5, 5.41) is 9.60. The van der Waals surface area contributed by atoms with Crippen molar-refractivity contribution in [1.29, 1.82) is 0 Å². The third kappa shape index (κ3) is 2.64. The van der Waals surface area contributed by atoms with Gasteiger partial charge in [0, 0.05) is 31.0 Å². The number of carbonyl (C=O) groups excluding carboxylic acids is 1. The number of aromatic nitrogens is 1. The molecule has 0 aromatic carbocycles. The van der Waals surface area contributed by atoms with Crippen LogP contribution in [0.3, 0.4) is 0 Å². The molecule has 1 aromatic heterocycles. The van der Waals surface area contributed by atoms with Gasteiger partial charge in [-0.1, -0.05) is 6.92 Å². The van der Waals surface area contributed by atoms with Crippen molar-refractivity contribution in [3.8, 4) is 0 Å². The molecule has 0 bridgehead atoms. The standard InChI is InChI=1S/C13H18N2O2/c1-2-10-8-14-6-5-12(10)13(17)15-7-3-4-11(16)9-15/h5-6,8,11,16H,2-4,7,9H2,1H3. The Morgan fingerprint density at radius 2 is 2.47 bits per heavy atom. The van der Waals surface area contributed by atoms with E-state index >= 15 is 0 Å². The maximum Gasteiger partial charge on any atom is 0.254 e. The van der Waals surface area contributed by atoms with E-state index in [9.17, 15) is 9.90 Å². The van der Waals surface area contributed by atoms with E-state index in [1.54, 1.807) is 23.4 Å². The molecule has 4 nitrogen and oxygen atoms in total. The van der Waals surface area contributed by atoms with Gasteiger partial charge in [-0.25, -0.2) is 0 Å². The molecule has 1 N–H and O–H groups in total. The number of carbonyl (C=O) groups is 1. The molecule has 1 aliphatic heterocycles. The first-order chi connectivity index (χ1) is 8.22. The minimum Gasteiger partial charge on any atom is -0.391 e. The van der Waals surface area contributed by atoms with Gasteiger partial charge in [-0.2, -0.15) is 0 Å². The van der Waals surface area contributed by atoms with Crippen LogP contribution in [0.2, 0.25) is 0 Å². The van der Waals surface area contributed by atoms with Crippen molar-refractivity contribution in [2.45, 2.75) is 32.3 Å². The van der Waals surface area contributed by atoms with Crippen molar-refractivity contribution in [3.05, 3.63) is 29.6 Å². The van der Waals surface area contributed by atoms with Gasteiger partial charge in [0.05, 0.1) is 6.10 Å². The summed E-state index contributed by atoms with van der Waals surface area (Å²) in [5.74, 6) is 0.0167. The topological polar surface area (TPSA) is 53.4 Å². The molecular weight excluding hydrogens is 216 g/mol. The van der Waals surface area contributed by atoms with Crippen molar-refractivity contribution < 1.29 is 9.90 Å². The largest absolute Gasteiger partial charge is 0.391 e. The number of nitrogens with zero attached hydrogens (tertiary/aromatic N) is 2. The van der Waals surface area contributed by atoms with Gasteiger partial charge in [-0.05, 0) is 30.9 Å². The second-order valence-corrected chi connectivity index (χ2v) is 4.43. The Morgan fingerprint density at radius 3 is 3.18 bits per heavy atom. The predicted molar refractivity (Wildman–Crippen MR) is 64.8 cm³/mol. The smallest absolute Gasteiger partial charge is 0.254 e. The molecule has 0 spiro atoms. The van der Waals surface area contributed by atoms with Crippen LogP contribution < -0.4 is 0 Å². The van der Waals surface area contributed by atoms with Crippen LogP contribution in [0.5, 0.6) is 0 Å². The average molecular weight is 234 g/mol. The summed E-state index contributed by atoms with van der Waals surface area (Å²) in [4.78, 5) is 18.1. The van der Waals surface area contributed by atoms with E-state index in [4.69, 9.17) is 0 Å². The van der Waals surface area contributed by atoms with E-state index < -0.39 is 0 Å². The van der Waals surface area contributed by atoms with Gasteiger partial charge < -0.3 is 10.0 Å². The van der Waals surface area contributed by atoms with E-state index in [-0.39, 0.29) is 12.0 Å². The van der Waals surface area contributed by atoms with E-state index in [2.05, 4.69) is 4.98 Å². The van der Waals surface area contributed by atoms with E-state index in [0.717, 1.165) is 36.9 Å². The molecular formula is C13H18N2O2. The number of hydrogen-bond acceptors (Lipinski definition) is 3. The fourth-order valence-corrected chi connectivity index (χ4v) is 2.23. The molecule has 0 radical (unpaired) electrons. The van der Waals surface area contributed by atoms with Crippen LogP contribution >= 0.6 is 0 Å². The fourth-order valence-electron chi connectivity index (χ4n) is 2.23. The molecule has 1 aliphatic rings. The van der Waals surface area contributed by atoms with Crippen molar-refractivity contribution in [2.24, 2.45) is 0 Å². The molecule has 17 heavy (non-hydrogen) atoms. The fraction of sp³-hybridized carbons (Fsp3) is 0.538. The Labute approximate surface area is 101 Å². The van der Waals surface area contributed by atoms with Crippen LogP contribution in [0.25, 0.3) is 0 Å². The van der Waals surface area contributed by atoms with Gasteiger partial charge in [-0.15, -0.1) is 0 Å². The lowest BCUT2D eigenvalue weighted by atomic mass is 10.0. The lowest BCUT2D eigenvalue weighted by Crippen LogP contribution is -2.42. The lowest BCUT2D eigenvalue weighted by molar-refractivity contribution is 0.0473. The zero-order valence-corrected chi connectivity index (χ0v) is 10.1. The van der Waals surface area contributed by atoms with Gasteiger partial charge >= 0.3 is 0 Å². The van der Waals surface area contributed by atoms with E-state index in [1.165, 1.54) is 0 Å². The Balaban J connectivity index is 2.18. The number of aliphatic hydroxyl groups excluding tert-OH is 1. The molecule has 2 rings (SSSR count). The Kier molecular flexibility index (Phi) is 3.74. The summed E-state index contributed by atoms with van der Waals surface area (Å²) in [5.41, 5.74) is 1.69. The molecule has 1 saturated heterocycles. The zero-order valence-electron chi connectivity index (χ0n) is 10.1. The van der Waals surface area contributed by atoms with E-state index in [0.29, 0.717) is 6.54 Å². The number of β-amino-alcohol motifs (C(OH)–C–C–N with tert-alkyl or cyclic N) is 1. The maximum absolute atomic E-state index is 12.3. The highest BCUT2D eigenvalue weighted by molar-refractivity contribution is 5.95. The molecule has 1 fully saturated rings. The molecule has 92 valence electrons. The van der Waals surface area contributed by atoms with Gasteiger partial charge in [-0.3, -0.25) is 9.78 Å². The number of likely N-dealkylation sites (tertiary alicyclic amines) is 1. The maximum atomic E-state index is 12.3. The summed E-state index contributed by atoms with van der Waals surface area (Å²) in [6.07, 6.45) is 5.48. The molecule has 0 aliphatic carbocycles. The molecule has 0 saturated carbocycles. The molecule has 4 heteroatoms. The highest BCUT2D eigenvalue weighted by Gasteiger charge is 2.24. The van der Waals surface area contributed by atoms with Gasteiger partial charge in [0.1, 0.15) is 0 Å². The number of hydrogen-bond donors (Lipinski definition) is 1. The molecule has 1 aromatic rings. The number of amides is 1. The van der Waals surface area contributed by atoms with Crippen molar-refractivity contribution >= 4 is 5.91 Å². The minimum absolute atomic E-state index is 0.0167. The van der Waals surface area contributed by atoms with Crippen LogP contribution in [0, 0.1) is 0 Å². The predicted octanol–water partition coefficient (Wildman–Crippen LogP) is 1.24. The molecule has 1 unspecified atom stereocenters. The summed E-state index contributed by atoms with van der Waals surface area (Å²) < 4.78 is 0.